The Morgan fingerprint density at radius 2 is 2.36 bits per heavy atom. The Morgan fingerprint density at radius 3 is 3.14 bits per heavy atom. The van der Waals surface area contributed by atoms with Gasteiger partial charge in [0.15, 0.2) is 5.82 Å². The van der Waals surface area contributed by atoms with Gasteiger partial charge >= 0.3 is 0 Å². The van der Waals surface area contributed by atoms with E-state index in [1.807, 2.05) is 29.1 Å². The van der Waals surface area contributed by atoms with Gasteiger partial charge in [-0.2, -0.15) is 16.3 Å². The van der Waals surface area contributed by atoms with Gasteiger partial charge in [-0.25, -0.2) is 9.50 Å². The van der Waals surface area contributed by atoms with Crippen molar-refractivity contribution in [3.63, 3.8) is 0 Å². The summed E-state index contributed by atoms with van der Waals surface area (Å²) >= 11 is 1.63. The molecule has 0 unspecified atom stereocenters. The maximum absolute atomic E-state index is 4.30. The molecule has 5 heteroatoms. The van der Waals surface area contributed by atoms with Gasteiger partial charge < -0.3 is 0 Å². The van der Waals surface area contributed by atoms with Gasteiger partial charge in [0.2, 0.25) is 0 Å². The molecule has 0 aliphatic heterocycles. The fourth-order valence-corrected chi connectivity index (χ4v) is 1.88. The van der Waals surface area contributed by atoms with Crippen molar-refractivity contribution < 1.29 is 0 Å². The zero-order valence-corrected chi connectivity index (χ0v) is 7.98. The van der Waals surface area contributed by atoms with E-state index in [0.29, 0.717) is 5.78 Å². The summed E-state index contributed by atoms with van der Waals surface area (Å²) in [5.74, 6) is 1.36. The van der Waals surface area contributed by atoms with Crippen LogP contribution in [0.3, 0.4) is 0 Å². The van der Waals surface area contributed by atoms with E-state index < -0.39 is 0 Å². The number of hydrogen-bond donors (Lipinski definition) is 0. The lowest BCUT2D eigenvalue weighted by atomic mass is 10.3. The molecule has 0 saturated carbocycles. The molecular weight excluding hydrogens is 196 g/mol. The van der Waals surface area contributed by atoms with E-state index in [2.05, 4.69) is 15.1 Å². The zero-order chi connectivity index (χ0) is 9.38. The average Bonchev–Trinajstić information content (AvgIpc) is 2.86. The fraction of sp³-hybridized carbons (Fsp3) is 0. The maximum Gasteiger partial charge on any atom is 0.252 e. The van der Waals surface area contributed by atoms with Gasteiger partial charge in [-0.1, -0.05) is 0 Å². The molecule has 4 nitrogen and oxygen atoms in total. The third-order valence-corrected chi connectivity index (χ3v) is 2.58. The van der Waals surface area contributed by atoms with Crippen LogP contribution in [0, 0.1) is 0 Å². The summed E-state index contributed by atoms with van der Waals surface area (Å²) in [4.78, 5) is 8.41. The van der Waals surface area contributed by atoms with Crippen molar-refractivity contribution in [1.82, 2.24) is 19.6 Å². The summed E-state index contributed by atoms with van der Waals surface area (Å²) in [5.41, 5.74) is 1.04. The molecule has 0 radical (unpaired) electrons. The van der Waals surface area contributed by atoms with E-state index in [9.17, 15) is 0 Å². The van der Waals surface area contributed by atoms with Crippen molar-refractivity contribution in [3.8, 4) is 11.4 Å². The molecule has 3 rings (SSSR count). The van der Waals surface area contributed by atoms with Crippen LogP contribution >= 0.6 is 11.3 Å². The molecule has 0 N–H and O–H groups in total. The van der Waals surface area contributed by atoms with Crippen LogP contribution in [-0.4, -0.2) is 19.6 Å². The minimum atomic E-state index is 0.633. The molecule has 0 aliphatic carbocycles. The monoisotopic (exact) mass is 202 g/mol. The average molecular weight is 202 g/mol. The Balaban J connectivity index is 2.24. The summed E-state index contributed by atoms with van der Waals surface area (Å²) < 4.78 is 1.67. The molecule has 3 aromatic heterocycles. The van der Waals surface area contributed by atoms with Gasteiger partial charge in [0.05, 0.1) is 0 Å². The van der Waals surface area contributed by atoms with Gasteiger partial charge in [-0.15, -0.1) is 5.10 Å². The summed E-state index contributed by atoms with van der Waals surface area (Å²) in [6, 6.07) is 3.83. The predicted octanol–water partition coefficient (Wildman–Crippen LogP) is 1.85. The van der Waals surface area contributed by atoms with Crippen LogP contribution in [0.1, 0.15) is 0 Å². The van der Waals surface area contributed by atoms with Gasteiger partial charge in [0.1, 0.15) is 0 Å². The minimum absolute atomic E-state index is 0.633. The highest BCUT2D eigenvalue weighted by atomic mass is 32.1. The van der Waals surface area contributed by atoms with Crippen molar-refractivity contribution in [2.75, 3.05) is 0 Å². The smallest absolute Gasteiger partial charge is 0.220 e. The van der Waals surface area contributed by atoms with Crippen LogP contribution in [0.5, 0.6) is 0 Å². The molecule has 0 aliphatic rings. The number of rotatable bonds is 1. The molecule has 0 fully saturated rings. The largest absolute Gasteiger partial charge is 0.252 e. The lowest BCUT2D eigenvalue weighted by Gasteiger charge is -1.84. The maximum atomic E-state index is 4.30. The van der Waals surface area contributed by atoms with Crippen molar-refractivity contribution in [2.45, 2.75) is 0 Å². The summed E-state index contributed by atoms with van der Waals surface area (Å²) in [6.45, 7) is 0. The molecule has 0 spiro atoms. The molecule has 68 valence electrons. The van der Waals surface area contributed by atoms with E-state index in [1.165, 1.54) is 0 Å². The fourth-order valence-electron chi connectivity index (χ4n) is 1.25. The molecule has 14 heavy (non-hydrogen) atoms. The number of fused-ring (bicyclic) bond motifs is 1. The minimum Gasteiger partial charge on any atom is -0.220 e. The molecule has 3 aromatic rings. The third kappa shape index (κ3) is 1.10. The second kappa shape index (κ2) is 2.88. The lowest BCUT2D eigenvalue weighted by Crippen LogP contribution is -1.86. The van der Waals surface area contributed by atoms with Gasteiger partial charge in [-0.3, -0.25) is 0 Å². The first-order valence-corrected chi connectivity index (χ1v) is 5.08. The first-order valence-electron chi connectivity index (χ1n) is 4.13. The van der Waals surface area contributed by atoms with E-state index in [-0.39, 0.29) is 0 Å². The van der Waals surface area contributed by atoms with Crippen LogP contribution in [0.2, 0.25) is 0 Å². The van der Waals surface area contributed by atoms with Crippen LogP contribution in [0.4, 0.5) is 0 Å². The van der Waals surface area contributed by atoms with E-state index >= 15 is 0 Å². The second-order valence-electron chi connectivity index (χ2n) is 2.81. The molecule has 3 heterocycles. The third-order valence-electron chi connectivity index (χ3n) is 1.90. The van der Waals surface area contributed by atoms with Gasteiger partial charge in [0, 0.05) is 23.3 Å². The number of aromatic nitrogens is 4. The first-order chi connectivity index (χ1) is 6.93. The lowest BCUT2D eigenvalue weighted by molar-refractivity contribution is 0.943. The highest BCUT2D eigenvalue weighted by Crippen LogP contribution is 2.18. The van der Waals surface area contributed by atoms with Crippen LogP contribution < -0.4 is 0 Å². The van der Waals surface area contributed by atoms with Gasteiger partial charge in [0.25, 0.3) is 5.78 Å². The Labute approximate surface area is 83.9 Å². The second-order valence-corrected chi connectivity index (χ2v) is 3.59. The predicted molar refractivity (Wildman–Crippen MR) is 54.1 cm³/mol. The van der Waals surface area contributed by atoms with Crippen molar-refractivity contribution in [3.05, 3.63) is 35.3 Å². The van der Waals surface area contributed by atoms with Crippen molar-refractivity contribution >= 4 is 17.1 Å². The van der Waals surface area contributed by atoms with E-state index in [4.69, 9.17) is 0 Å². The normalized spacial score (nSPS) is 10.9. The highest BCUT2D eigenvalue weighted by Gasteiger charge is 2.05. The Hall–Kier alpha value is -1.75. The van der Waals surface area contributed by atoms with E-state index in [0.717, 1.165) is 11.4 Å². The standard InChI is InChI=1S/C9H6N4S/c1-3-10-9-11-8(12-13(9)4-1)7-2-5-14-6-7/h1-6H. The Kier molecular flexibility index (Phi) is 1.57. The molecule has 0 bridgehead atoms. The zero-order valence-electron chi connectivity index (χ0n) is 7.16. The molecule has 0 aromatic carbocycles. The summed E-state index contributed by atoms with van der Waals surface area (Å²) in [6.07, 6.45) is 3.55. The van der Waals surface area contributed by atoms with Crippen LogP contribution in [-0.2, 0) is 0 Å². The number of nitrogens with zero attached hydrogens (tertiary/aromatic N) is 4. The Morgan fingerprint density at radius 1 is 1.36 bits per heavy atom. The quantitative estimate of drug-likeness (QED) is 0.604. The molecular formula is C9H6N4S. The van der Waals surface area contributed by atoms with E-state index in [1.54, 1.807) is 22.0 Å². The van der Waals surface area contributed by atoms with Crippen molar-refractivity contribution in [2.24, 2.45) is 0 Å². The summed E-state index contributed by atoms with van der Waals surface area (Å²) in [7, 11) is 0. The Bertz CT molecular complexity index is 522. The van der Waals surface area contributed by atoms with Gasteiger partial charge in [-0.05, 0) is 17.5 Å². The highest BCUT2D eigenvalue weighted by molar-refractivity contribution is 7.08. The van der Waals surface area contributed by atoms with Crippen LogP contribution in [0.25, 0.3) is 17.2 Å². The number of thiophene rings is 1. The SMILES string of the molecule is c1cnc2nc(-c3ccsc3)nn2c1. The topological polar surface area (TPSA) is 43.1 Å². The molecule has 0 saturated heterocycles. The number of hydrogen-bond acceptors (Lipinski definition) is 4. The molecule has 0 atom stereocenters. The van der Waals surface area contributed by atoms with Crippen LogP contribution in [0.15, 0.2) is 35.3 Å². The molecule has 0 amide bonds. The van der Waals surface area contributed by atoms with Crippen molar-refractivity contribution in [1.29, 1.82) is 0 Å². The summed E-state index contributed by atoms with van der Waals surface area (Å²) in [5, 5.41) is 8.34. The first kappa shape index (κ1) is 7.64.